The van der Waals surface area contributed by atoms with Gasteiger partial charge in [-0.2, -0.15) is 0 Å². The second-order valence-corrected chi connectivity index (χ2v) is 5.53. The number of hydrogen-bond acceptors (Lipinski definition) is 5. The standard InChI is InChI=1S/C17H22N4O/c1-3-13-9-19-17(20-10-13)21-15-5-4-14(8-12(15)2)16-11-18-6-7-22-16/h4-5,8-10,16,18H,3,6-7,11H2,1-2H3,(H,19,20,21)/t16-/m1/s1. The molecule has 1 saturated heterocycles. The zero-order valence-electron chi connectivity index (χ0n) is 13.1. The third kappa shape index (κ3) is 3.43. The molecule has 1 aromatic carbocycles. The van der Waals surface area contributed by atoms with Gasteiger partial charge >= 0.3 is 0 Å². The summed E-state index contributed by atoms with van der Waals surface area (Å²) < 4.78 is 5.80. The number of nitrogens with zero attached hydrogens (tertiary/aromatic N) is 2. The van der Waals surface area contributed by atoms with Crippen molar-refractivity contribution in [2.24, 2.45) is 0 Å². The maximum Gasteiger partial charge on any atom is 0.227 e. The molecule has 3 rings (SSSR count). The third-order valence-electron chi connectivity index (χ3n) is 3.91. The van der Waals surface area contributed by atoms with Crippen LogP contribution >= 0.6 is 0 Å². The molecule has 5 nitrogen and oxygen atoms in total. The van der Waals surface area contributed by atoms with E-state index in [1.54, 1.807) is 0 Å². The molecule has 5 heteroatoms. The van der Waals surface area contributed by atoms with Gasteiger partial charge in [-0.25, -0.2) is 9.97 Å². The Balaban J connectivity index is 1.73. The van der Waals surface area contributed by atoms with Gasteiger partial charge in [0, 0.05) is 31.2 Å². The lowest BCUT2D eigenvalue weighted by molar-refractivity contribution is 0.0277. The normalized spacial score (nSPS) is 18.2. The molecule has 116 valence electrons. The van der Waals surface area contributed by atoms with Crippen LogP contribution in [0.4, 0.5) is 11.6 Å². The second kappa shape index (κ2) is 6.85. The van der Waals surface area contributed by atoms with Crippen molar-refractivity contribution in [1.29, 1.82) is 0 Å². The van der Waals surface area contributed by atoms with Gasteiger partial charge in [0.25, 0.3) is 0 Å². The molecule has 0 bridgehead atoms. The number of rotatable bonds is 4. The SMILES string of the molecule is CCc1cnc(Nc2ccc([C@H]3CNCCO3)cc2C)nc1. The fraction of sp³-hybridized carbons (Fsp3) is 0.412. The number of morpholine rings is 1. The molecule has 0 spiro atoms. The van der Waals surface area contributed by atoms with Gasteiger partial charge in [0.1, 0.15) is 0 Å². The highest BCUT2D eigenvalue weighted by molar-refractivity contribution is 5.59. The minimum absolute atomic E-state index is 0.140. The third-order valence-corrected chi connectivity index (χ3v) is 3.91. The van der Waals surface area contributed by atoms with Crippen molar-refractivity contribution >= 4 is 11.6 Å². The smallest absolute Gasteiger partial charge is 0.227 e. The van der Waals surface area contributed by atoms with Gasteiger partial charge in [-0.15, -0.1) is 0 Å². The van der Waals surface area contributed by atoms with Crippen molar-refractivity contribution < 1.29 is 4.74 Å². The van der Waals surface area contributed by atoms with Crippen LogP contribution in [0.5, 0.6) is 0 Å². The lowest BCUT2D eigenvalue weighted by Crippen LogP contribution is -2.33. The molecule has 2 N–H and O–H groups in total. The van der Waals surface area contributed by atoms with E-state index < -0.39 is 0 Å². The van der Waals surface area contributed by atoms with Crippen molar-refractivity contribution in [3.8, 4) is 0 Å². The highest BCUT2D eigenvalue weighted by Gasteiger charge is 2.16. The average molecular weight is 298 g/mol. The molecule has 22 heavy (non-hydrogen) atoms. The lowest BCUT2D eigenvalue weighted by Gasteiger charge is -2.24. The van der Waals surface area contributed by atoms with Crippen LogP contribution in [0.1, 0.15) is 29.7 Å². The van der Waals surface area contributed by atoms with E-state index in [1.807, 2.05) is 12.4 Å². The van der Waals surface area contributed by atoms with Crippen LogP contribution in [0.15, 0.2) is 30.6 Å². The number of aromatic nitrogens is 2. The first-order chi connectivity index (χ1) is 10.8. The topological polar surface area (TPSA) is 59.1 Å². The summed E-state index contributed by atoms with van der Waals surface area (Å²) in [6.07, 6.45) is 4.81. The number of ether oxygens (including phenoxy) is 1. The first-order valence-corrected chi connectivity index (χ1v) is 7.77. The Hall–Kier alpha value is -1.98. The Morgan fingerprint density at radius 1 is 1.32 bits per heavy atom. The van der Waals surface area contributed by atoms with Gasteiger partial charge in [0.2, 0.25) is 5.95 Å². The summed E-state index contributed by atoms with van der Waals surface area (Å²) in [4.78, 5) is 8.68. The van der Waals surface area contributed by atoms with Crippen LogP contribution in [0, 0.1) is 6.92 Å². The van der Waals surface area contributed by atoms with Crippen molar-refractivity contribution in [3.63, 3.8) is 0 Å². The molecule has 1 aromatic heterocycles. The summed E-state index contributed by atoms with van der Waals surface area (Å²) in [7, 11) is 0. The number of anilines is 2. The number of nitrogens with one attached hydrogen (secondary N) is 2. The van der Waals surface area contributed by atoms with Gasteiger partial charge in [0.05, 0.1) is 12.7 Å². The Morgan fingerprint density at radius 3 is 2.77 bits per heavy atom. The number of benzene rings is 1. The summed E-state index contributed by atoms with van der Waals surface area (Å²) in [5.74, 6) is 0.628. The molecule has 0 aliphatic carbocycles. The monoisotopic (exact) mass is 298 g/mol. The molecule has 0 saturated carbocycles. The van der Waals surface area contributed by atoms with Crippen LogP contribution in [0.3, 0.4) is 0 Å². The summed E-state index contributed by atoms with van der Waals surface area (Å²) in [5.41, 5.74) is 4.53. The summed E-state index contributed by atoms with van der Waals surface area (Å²) in [6, 6.07) is 6.34. The van der Waals surface area contributed by atoms with Gasteiger partial charge < -0.3 is 15.4 Å². The lowest BCUT2D eigenvalue weighted by atomic mass is 10.0. The molecular weight excluding hydrogens is 276 g/mol. The molecule has 1 atom stereocenters. The summed E-state index contributed by atoms with van der Waals surface area (Å²) in [5, 5.41) is 6.63. The molecule has 0 unspecified atom stereocenters. The van der Waals surface area contributed by atoms with E-state index in [4.69, 9.17) is 4.74 Å². The molecule has 1 fully saturated rings. The van der Waals surface area contributed by atoms with Gasteiger partial charge in [-0.3, -0.25) is 0 Å². The molecule has 1 aliphatic rings. The predicted molar refractivity (Wildman–Crippen MR) is 87.4 cm³/mol. The van der Waals surface area contributed by atoms with E-state index >= 15 is 0 Å². The fourth-order valence-electron chi connectivity index (χ4n) is 2.53. The van der Waals surface area contributed by atoms with Crippen molar-refractivity contribution in [2.75, 3.05) is 25.0 Å². The van der Waals surface area contributed by atoms with E-state index in [0.717, 1.165) is 42.9 Å². The molecule has 0 amide bonds. The molecule has 2 aromatic rings. The Labute approximate surface area is 131 Å². The molecule has 1 aliphatic heterocycles. The minimum Gasteiger partial charge on any atom is -0.371 e. The maximum atomic E-state index is 5.80. The first kappa shape index (κ1) is 14.9. The van der Waals surface area contributed by atoms with E-state index in [-0.39, 0.29) is 6.10 Å². The quantitative estimate of drug-likeness (QED) is 0.909. The summed E-state index contributed by atoms with van der Waals surface area (Å²) in [6.45, 7) is 6.74. The summed E-state index contributed by atoms with van der Waals surface area (Å²) >= 11 is 0. The maximum absolute atomic E-state index is 5.80. The largest absolute Gasteiger partial charge is 0.371 e. The van der Waals surface area contributed by atoms with Crippen molar-refractivity contribution in [3.05, 3.63) is 47.3 Å². The zero-order chi connectivity index (χ0) is 15.4. The predicted octanol–water partition coefficient (Wildman–Crippen LogP) is 2.75. The van der Waals surface area contributed by atoms with Crippen LogP contribution < -0.4 is 10.6 Å². The first-order valence-electron chi connectivity index (χ1n) is 7.77. The molecular formula is C17H22N4O. The van der Waals surface area contributed by atoms with Gasteiger partial charge in [-0.05, 0) is 36.1 Å². The van der Waals surface area contributed by atoms with E-state index in [1.165, 1.54) is 5.56 Å². The van der Waals surface area contributed by atoms with Crippen molar-refractivity contribution in [1.82, 2.24) is 15.3 Å². The second-order valence-electron chi connectivity index (χ2n) is 5.53. The van der Waals surface area contributed by atoms with Crippen LogP contribution in [-0.2, 0) is 11.2 Å². The van der Waals surface area contributed by atoms with E-state index in [9.17, 15) is 0 Å². The Morgan fingerprint density at radius 2 is 2.14 bits per heavy atom. The van der Waals surface area contributed by atoms with Crippen molar-refractivity contribution in [2.45, 2.75) is 26.4 Å². The van der Waals surface area contributed by atoms with Crippen LogP contribution in [-0.4, -0.2) is 29.7 Å². The van der Waals surface area contributed by atoms with Gasteiger partial charge in [-0.1, -0.05) is 19.1 Å². The minimum atomic E-state index is 0.140. The highest BCUT2D eigenvalue weighted by atomic mass is 16.5. The van der Waals surface area contributed by atoms with E-state index in [0.29, 0.717) is 5.95 Å². The zero-order valence-corrected chi connectivity index (χ0v) is 13.1. The highest BCUT2D eigenvalue weighted by Crippen LogP contribution is 2.25. The Kier molecular flexibility index (Phi) is 4.65. The number of aryl methyl sites for hydroxylation is 2. The number of hydrogen-bond donors (Lipinski definition) is 2. The Bertz CT molecular complexity index is 621. The van der Waals surface area contributed by atoms with Crippen LogP contribution in [0.2, 0.25) is 0 Å². The molecule has 0 radical (unpaired) electrons. The average Bonchev–Trinajstić information content (AvgIpc) is 2.58. The molecule has 2 heterocycles. The van der Waals surface area contributed by atoms with Crippen LogP contribution in [0.25, 0.3) is 0 Å². The van der Waals surface area contributed by atoms with Gasteiger partial charge in [0.15, 0.2) is 0 Å². The fourth-order valence-corrected chi connectivity index (χ4v) is 2.53. The van der Waals surface area contributed by atoms with E-state index in [2.05, 4.69) is 52.6 Å².